The van der Waals surface area contributed by atoms with Crippen LogP contribution in [0, 0.1) is 41.5 Å². The van der Waals surface area contributed by atoms with E-state index in [0.29, 0.717) is 0 Å². The van der Waals surface area contributed by atoms with Crippen LogP contribution in [-0.4, -0.2) is 18.2 Å². The number of rotatable bonds is 5. The first-order valence-corrected chi connectivity index (χ1v) is 15.5. The molecule has 0 radical (unpaired) electrons. The first-order valence-electron chi connectivity index (χ1n) is 15.5. The van der Waals surface area contributed by atoms with E-state index in [9.17, 15) is 17.3 Å². The van der Waals surface area contributed by atoms with Gasteiger partial charge in [0.1, 0.15) is 11.4 Å². The van der Waals surface area contributed by atoms with Gasteiger partial charge in [-0.2, -0.15) is 0 Å². The van der Waals surface area contributed by atoms with Crippen molar-refractivity contribution in [3.8, 4) is 11.1 Å². The van der Waals surface area contributed by atoms with Gasteiger partial charge in [0.15, 0.2) is 12.1 Å². The SMILES string of the molecule is Cc1cc(C)c(-c2ccccc2N2C=[N+](c3c(C)cc(C)cc3C)[C@@H](c3ccccc3)[C@H]2c2ccccc2)c(C)c1.F[B-](F)(F)F. The Balaban J connectivity index is 0.000000775. The van der Waals surface area contributed by atoms with Gasteiger partial charge in [-0.05, 0) is 75.4 Å². The van der Waals surface area contributed by atoms with E-state index in [4.69, 9.17) is 0 Å². The summed E-state index contributed by atoms with van der Waals surface area (Å²) in [4.78, 5) is 2.53. The molecule has 0 saturated carbocycles. The predicted octanol–water partition coefficient (Wildman–Crippen LogP) is 11.2. The number of para-hydroxylation sites is 1. The number of benzene rings is 5. The van der Waals surface area contributed by atoms with E-state index in [0.717, 1.165) is 0 Å². The molecule has 0 spiro atoms. The third-order valence-corrected chi connectivity index (χ3v) is 8.45. The summed E-state index contributed by atoms with van der Waals surface area (Å²) < 4.78 is 41.5. The molecular weight excluding hydrogens is 583 g/mol. The number of hydrogen-bond donors (Lipinski definition) is 0. The third-order valence-electron chi connectivity index (χ3n) is 8.45. The van der Waals surface area contributed by atoms with E-state index < -0.39 is 7.25 Å². The van der Waals surface area contributed by atoms with Gasteiger partial charge in [-0.1, -0.05) is 114 Å². The van der Waals surface area contributed by atoms with Gasteiger partial charge in [0, 0.05) is 16.7 Å². The number of anilines is 1. The Morgan fingerprint density at radius 3 is 1.52 bits per heavy atom. The summed E-state index contributed by atoms with van der Waals surface area (Å²) in [6.45, 7) is 13.4. The molecule has 1 aliphatic heterocycles. The summed E-state index contributed by atoms with van der Waals surface area (Å²) >= 11 is 0. The van der Waals surface area contributed by atoms with Crippen LogP contribution in [0.25, 0.3) is 11.1 Å². The molecule has 1 heterocycles. The summed E-state index contributed by atoms with van der Waals surface area (Å²) in [6.07, 6.45) is 2.37. The summed E-state index contributed by atoms with van der Waals surface area (Å²) in [6, 6.07) is 40.4. The lowest BCUT2D eigenvalue weighted by Gasteiger charge is -2.26. The molecule has 0 unspecified atom stereocenters. The zero-order valence-corrected chi connectivity index (χ0v) is 27.1. The molecule has 2 nitrogen and oxygen atoms in total. The number of nitrogens with zero attached hydrogens (tertiary/aromatic N) is 2. The van der Waals surface area contributed by atoms with Crippen molar-refractivity contribution in [3.63, 3.8) is 0 Å². The Morgan fingerprint density at radius 1 is 0.565 bits per heavy atom. The van der Waals surface area contributed by atoms with Crippen LogP contribution in [0.2, 0.25) is 0 Å². The highest BCUT2D eigenvalue weighted by Gasteiger charge is 2.47. The standard InChI is InChI=1S/C39H39N2.BF4/c1-26-21-28(3)36(29(4)22-26)34-19-13-14-20-35(34)40-25-41(37-30(5)23-27(2)24-31(37)6)39(33-17-11-8-12-18-33)38(40)32-15-9-7-10-16-32;2-1(3,4)5/h7-25,38-39H,1-6H3;/q+1;-1/t38-,39+;/m1./s1. The Labute approximate surface area is 269 Å². The molecule has 0 N–H and O–H groups in total. The Morgan fingerprint density at radius 2 is 1.00 bits per heavy atom. The van der Waals surface area contributed by atoms with Crippen molar-refractivity contribution in [2.75, 3.05) is 4.90 Å². The van der Waals surface area contributed by atoms with Crippen LogP contribution in [0.3, 0.4) is 0 Å². The Hall–Kier alpha value is -4.65. The molecule has 1 aliphatic rings. The van der Waals surface area contributed by atoms with Gasteiger partial charge in [-0.15, -0.1) is 0 Å². The monoisotopic (exact) mass is 622 g/mol. The maximum atomic E-state index is 9.75. The molecule has 0 saturated heterocycles. The van der Waals surface area contributed by atoms with Crippen LogP contribution in [0.4, 0.5) is 28.6 Å². The van der Waals surface area contributed by atoms with Gasteiger partial charge in [-0.3, -0.25) is 0 Å². The first-order chi connectivity index (χ1) is 21.8. The molecule has 0 fully saturated rings. The number of aryl methyl sites for hydroxylation is 6. The number of halogens is 4. The molecule has 0 aromatic heterocycles. The molecule has 0 aliphatic carbocycles. The van der Waals surface area contributed by atoms with Crippen molar-refractivity contribution in [3.05, 3.63) is 154 Å². The van der Waals surface area contributed by atoms with Gasteiger partial charge in [0.25, 0.3) is 0 Å². The molecule has 5 aromatic carbocycles. The average Bonchev–Trinajstić information content (AvgIpc) is 3.36. The second kappa shape index (κ2) is 13.4. The van der Waals surface area contributed by atoms with Gasteiger partial charge in [0.05, 0.1) is 0 Å². The van der Waals surface area contributed by atoms with Crippen molar-refractivity contribution >= 4 is 25.0 Å². The largest absolute Gasteiger partial charge is 0.673 e. The van der Waals surface area contributed by atoms with Crippen LogP contribution >= 0.6 is 0 Å². The van der Waals surface area contributed by atoms with Crippen molar-refractivity contribution in [2.24, 2.45) is 0 Å². The molecular formula is C39H39BF4N2. The minimum Gasteiger partial charge on any atom is -0.418 e. The Kier molecular flexibility index (Phi) is 9.52. The summed E-state index contributed by atoms with van der Waals surface area (Å²) in [7, 11) is -6.00. The van der Waals surface area contributed by atoms with E-state index in [-0.39, 0.29) is 12.1 Å². The maximum Gasteiger partial charge on any atom is 0.673 e. The van der Waals surface area contributed by atoms with Crippen molar-refractivity contribution < 1.29 is 21.8 Å². The fraction of sp³-hybridized carbons (Fsp3) is 0.205. The zero-order valence-electron chi connectivity index (χ0n) is 27.1. The second-order valence-electron chi connectivity index (χ2n) is 12.2. The number of hydrogen-bond acceptors (Lipinski definition) is 1. The molecule has 236 valence electrons. The highest BCUT2D eigenvalue weighted by Crippen LogP contribution is 2.48. The topological polar surface area (TPSA) is 6.25 Å². The molecule has 0 bridgehead atoms. The lowest BCUT2D eigenvalue weighted by Crippen LogP contribution is -2.26. The van der Waals surface area contributed by atoms with E-state index in [1.54, 1.807) is 0 Å². The fourth-order valence-corrected chi connectivity index (χ4v) is 7.07. The summed E-state index contributed by atoms with van der Waals surface area (Å²) in [5.74, 6) is 0. The minimum absolute atomic E-state index is 0.0749. The lowest BCUT2D eigenvalue weighted by atomic mass is 9.89. The summed E-state index contributed by atoms with van der Waals surface area (Å²) in [5, 5.41) is 0. The summed E-state index contributed by atoms with van der Waals surface area (Å²) in [5.41, 5.74) is 15.5. The molecule has 6 rings (SSSR count). The van der Waals surface area contributed by atoms with Crippen molar-refractivity contribution in [1.82, 2.24) is 0 Å². The van der Waals surface area contributed by atoms with E-state index in [1.165, 1.54) is 67.0 Å². The highest BCUT2D eigenvalue weighted by atomic mass is 19.5. The molecule has 0 amide bonds. The minimum atomic E-state index is -6.00. The van der Waals surface area contributed by atoms with Crippen LogP contribution in [0.1, 0.15) is 56.6 Å². The third kappa shape index (κ3) is 7.09. The van der Waals surface area contributed by atoms with Crippen LogP contribution in [0.15, 0.2) is 109 Å². The quantitative estimate of drug-likeness (QED) is 0.107. The average molecular weight is 623 g/mol. The smallest absolute Gasteiger partial charge is 0.418 e. The molecule has 5 aromatic rings. The normalized spacial score (nSPS) is 16.1. The van der Waals surface area contributed by atoms with Gasteiger partial charge >= 0.3 is 7.25 Å². The van der Waals surface area contributed by atoms with Crippen LogP contribution in [-0.2, 0) is 0 Å². The van der Waals surface area contributed by atoms with E-state index in [2.05, 4.69) is 167 Å². The molecule has 7 heteroatoms. The molecule has 46 heavy (non-hydrogen) atoms. The first kappa shape index (κ1) is 32.7. The maximum absolute atomic E-state index is 9.75. The van der Waals surface area contributed by atoms with Crippen molar-refractivity contribution in [2.45, 2.75) is 53.6 Å². The van der Waals surface area contributed by atoms with Gasteiger partial charge in [0.2, 0.25) is 6.34 Å². The predicted molar refractivity (Wildman–Crippen MR) is 184 cm³/mol. The van der Waals surface area contributed by atoms with Gasteiger partial charge < -0.3 is 17.3 Å². The van der Waals surface area contributed by atoms with Crippen LogP contribution in [0.5, 0.6) is 0 Å². The van der Waals surface area contributed by atoms with Crippen LogP contribution < -0.4 is 4.90 Å². The zero-order chi connectivity index (χ0) is 33.2. The van der Waals surface area contributed by atoms with E-state index in [1.807, 2.05) is 0 Å². The van der Waals surface area contributed by atoms with Gasteiger partial charge in [-0.25, -0.2) is 9.48 Å². The second-order valence-corrected chi connectivity index (χ2v) is 12.2. The molecule has 2 atom stereocenters. The highest BCUT2D eigenvalue weighted by molar-refractivity contribution is 6.50. The fourth-order valence-electron chi connectivity index (χ4n) is 7.07. The lowest BCUT2D eigenvalue weighted by molar-refractivity contribution is -0.482. The van der Waals surface area contributed by atoms with E-state index >= 15 is 0 Å². The Bertz CT molecular complexity index is 1820. The van der Waals surface area contributed by atoms with Crippen molar-refractivity contribution in [1.29, 1.82) is 0 Å².